The molecule has 2 nitrogen and oxygen atoms in total. The van der Waals surface area contributed by atoms with Gasteiger partial charge in [-0.2, -0.15) is 0 Å². The lowest BCUT2D eigenvalue weighted by Crippen LogP contribution is -1.92. The first-order valence-electron chi connectivity index (χ1n) is 9.85. The lowest BCUT2D eigenvalue weighted by Gasteiger charge is -2.07. The Balaban J connectivity index is 1.91. The van der Waals surface area contributed by atoms with Crippen LogP contribution in [0.2, 0.25) is 0 Å². The average Bonchev–Trinajstić information content (AvgIpc) is 3.16. The van der Waals surface area contributed by atoms with Gasteiger partial charge in [0.15, 0.2) is 0 Å². The van der Waals surface area contributed by atoms with Gasteiger partial charge in [0.1, 0.15) is 0 Å². The van der Waals surface area contributed by atoms with E-state index in [1.807, 2.05) is 0 Å². The Kier molecular flexibility index (Phi) is 2.91. The minimum absolute atomic E-state index is 1.32. The van der Waals surface area contributed by atoms with Crippen molar-refractivity contribution in [1.82, 2.24) is 9.13 Å². The molecule has 0 radical (unpaired) electrons. The second kappa shape index (κ2) is 5.17. The van der Waals surface area contributed by atoms with E-state index >= 15 is 0 Å². The molecule has 136 valence electrons. The van der Waals surface area contributed by atoms with Crippen LogP contribution in [0, 0.1) is 13.8 Å². The number of rotatable bonds is 0. The van der Waals surface area contributed by atoms with Crippen molar-refractivity contribution in [2.45, 2.75) is 13.8 Å². The molecule has 6 aromatic rings. The molecule has 2 heteroatoms. The first-order valence-corrected chi connectivity index (χ1v) is 9.85. The summed E-state index contributed by atoms with van der Waals surface area (Å²) in [4.78, 5) is 0. The SMILES string of the molecule is Cc1cccc2c3ccc4c(ccc5c6cccc(C)c6n(C)c54)c3n(C)c12. The Morgan fingerprint density at radius 1 is 0.429 bits per heavy atom. The summed E-state index contributed by atoms with van der Waals surface area (Å²) in [6.45, 7) is 4.41. The second-order valence-corrected chi connectivity index (χ2v) is 8.08. The molecule has 2 heterocycles. The van der Waals surface area contributed by atoms with Crippen molar-refractivity contribution in [2.75, 3.05) is 0 Å². The van der Waals surface area contributed by atoms with E-state index in [1.54, 1.807) is 0 Å². The van der Waals surface area contributed by atoms with Crippen LogP contribution in [0.1, 0.15) is 11.1 Å². The van der Waals surface area contributed by atoms with Crippen molar-refractivity contribution in [1.29, 1.82) is 0 Å². The van der Waals surface area contributed by atoms with Crippen LogP contribution in [0.3, 0.4) is 0 Å². The summed E-state index contributed by atoms with van der Waals surface area (Å²) in [5.74, 6) is 0. The van der Waals surface area contributed by atoms with Gasteiger partial charge in [0.05, 0.1) is 22.1 Å². The van der Waals surface area contributed by atoms with Gasteiger partial charge in [0, 0.05) is 46.4 Å². The largest absolute Gasteiger partial charge is 0.343 e. The third-order valence-electron chi connectivity index (χ3n) is 6.54. The molecular weight excluding hydrogens is 340 g/mol. The molecule has 0 fully saturated rings. The summed E-state index contributed by atoms with van der Waals surface area (Å²) < 4.78 is 4.75. The molecule has 28 heavy (non-hydrogen) atoms. The lowest BCUT2D eigenvalue weighted by molar-refractivity contribution is 1.01. The number of fused-ring (bicyclic) bond motifs is 9. The Morgan fingerprint density at radius 3 is 1.11 bits per heavy atom. The van der Waals surface area contributed by atoms with Gasteiger partial charge in [-0.05, 0) is 25.0 Å². The minimum atomic E-state index is 1.32. The van der Waals surface area contributed by atoms with Gasteiger partial charge in [-0.1, -0.05) is 60.7 Å². The van der Waals surface area contributed by atoms with Crippen molar-refractivity contribution < 1.29 is 0 Å². The van der Waals surface area contributed by atoms with E-state index in [4.69, 9.17) is 0 Å². The van der Waals surface area contributed by atoms with Gasteiger partial charge in [-0.3, -0.25) is 0 Å². The Morgan fingerprint density at radius 2 is 0.750 bits per heavy atom. The predicted octanol–water partition coefficient (Wildman–Crippen LogP) is 6.75. The highest BCUT2D eigenvalue weighted by atomic mass is 15.0. The van der Waals surface area contributed by atoms with Crippen LogP contribution in [0.4, 0.5) is 0 Å². The van der Waals surface area contributed by atoms with E-state index in [2.05, 4.69) is 97.7 Å². The van der Waals surface area contributed by atoms with Crippen molar-refractivity contribution in [3.05, 3.63) is 71.8 Å². The molecule has 0 spiro atoms. The number of aromatic nitrogens is 2. The number of hydrogen-bond acceptors (Lipinski definition) is 0. The molecule has 0 saturated carbocycles. The standard InChI is InChI=1S/C26H22N2/c1-15-7-5-9-17-19-11-13-22-21(25(19)27(3)23(15)17)14-12-20-18-10-6-8-16(2)24(18)28(4)26(20)22/h5-14H,1-4H3. The highest BCUT2D eigenvalue weighted by Gasteiger charge is 2.17. The zero-order valence-corrected chi connectivity index (χ0v) is 16.7. The van der Waals surface area contributed by atoms with E-state index in [9.17, 15) is 0 Å². The van der Waals surface area contributed by atoms with Gasteiger partial charge in [-0.15, -0.1) is 0 Å². The molecule has 0 saturated heterocycles. The van der Waals surface area contributed by atoms with Crippen molar-refractivity contribution in [2.24, 2.45) is 14.1 Å². The number of nitrogens with zero attached hydrogens (tertiary/aromatic N) is 2. The maximum Gasteiger partial charge on any atom is 0.0569 e. The number of hydrogen-bond donors (Lipinski definition) is 0. The summed E-state index contributed by atoms with van der Waals surface area (Å²) in [6.07, 6.45) is 0. The van der Waals surface area contributed by atoms with Crippen LogP contribution >= 0.6 is 0 Å². The van der Waals surface area contributed by atoms with E-state index in [-0.39, 0.29) is 0 Å². The lowest BCUT2D eigenvalue weighted by atomic mass is 10.0. The summed E-state index contributed by atoms with van der Waals surface area (Å²) in [5.41, 5.74) is 7.96. The molecular formula is C26H22N2. The van der Waals surface area contributed by atoms with E-state index in [1.165, 1.54) is 65.5 Å². The molecule has 0 aliphatic carbocycles. The Bertz CT molecular complexity index is 1470. The molecule has 2 aromatic heterocycles. The maximum atomic E-state index is 2.38. The highest BCUT2D eigenvalue weighted by molar-refractivity contribution is 6.25. The zero-order chi connectivity index (χ0) is 19.2. The van der Waals surface area contributed by atoms with Crippen LogP contribution in [0.15, 0.2) is 60.7 Å². The summed E-state index contributed by atoms with van der Waals surface area (Å²) in [6, 6.07) is 22.5. The number of aryl methyl sites for hydroxylation is 4. The van der Waals surface area contributed by atoms with Crippen LogP contribution < -0.4 is 0 Å². The zero-order valence-electron chi connectivity index (χ0n) is 16.7. The summed E-state index contributed by atoms with van der Waals surface area (Å²) >= 11 is 0. The van der Waals surface area contributed by atoms with Crippen molar-refractivity contribution >= 4 is 54.4 Å². The third kappa shape index (κ3) is 1.73. The van der Waals surface area contributed by atoms with Crippen LogP contribution in [0.25, 0.3) is 54.4 Å². The summed E-state index contributed by atoms with van der Waals surface area (Å²) in [7, 11) is 4.40. The van der Waals surface area contributed by atoms with Crippen molar-refractivity contribution in [3.8, 4) is 0 Å². The molecule has 6 rings (SSSR count). The minimum Gasteiger partial charge on any atom is -0.343 e. The van der Waals surface area contributed by atoms with E-state index in [0.29, 0.717) is 0 Å². The topological polar surface area (TPSA) is 9.86 Å². The highest BCUT2D eigenvalue weighted by Crippen LogP contribution is 2.40. The van der Waals surface area contributed by atoms with Gasteiger partial charge in [-0.25, -0.2) is 0 Å². The van der Waals surface area contributed by atoms with Crippen LogP contribution in [0.5, 0.6) is 0 Å². The fraction of sp³-hybridized carbons (Fsp3) is 0.154. The average molecular weight is 362 g/mol. The normalized spacial score (nSPS) is 12.3. The third-order valence-corrected chi connectivity index (χ3v) is 6.54. The smallest absolute Gasteiger partial charge is 0.0569 e. The molecule has 0 amide bonds. The molecule has 0 aliphatic rings. The van der Waals surface area contributed by atoms with E-state index < -0.39 is 0 Å². The Labute approximate surface area is 163 Å². The monoisotopic (exact) mass is 362 g/mol. The first kappa shape index (κ1) is 15.8. The maximum absolute atomic E-state index is 2.38. The fourth-order valence-corrected chi connectivity index (χ4v) is 5.40. The van der Waals surface area contributed by atoms with Gasteiger partial charge in [0.2, 0.25) is 0 Å². The number of benzene rings is 4. The predicted molar refractivity (Wildman–Crippen MR) is 121 cm³/mol. The first-order chi connectivity index (χ1) is 13.6. The fourth-order valence-electron chi connectivity index (χ4n) is 5.40. The quantitative estimate of drug-likeness (QED) is 0.283. The number of para-hydroxylation sites is 2. The van der Waals surface area contributed by atoms with E-state index in [0.717, 1.165) is 0 Å². The molecule has 0 atom stereocenters. The van der Waals surface area contributed by atoms with Gasteiger partial charge in [0.25, 0.3) is 0 Å². The van der Waals surface area contributed by atoms with Gasteiger partial charge < -0.3 is 9.13 Å². The molecule has 0 bridgehead atoms. The molecule has 0 N–H and O–H groups in total. The summed E-state index contributed by atoms with van der Waals surface area (Å²) in [5, 5.41) is 8.00. The van der Waals surface area contributed by atoms with Crippen LogP contribution in [-0.2, 0) is 14.1 Å². The Hall–Kier alpha value is -3.26. The molecule has 4 aromatic carbocycles. The van der Waals surface area contributed by atoms with Crippen molar-refractivity contribution in [3.63, 3.8) is 0 Å². The van der Waals surface area contributed by atoms with Crippen LogP contribution in [-0.4, -0.2) is 9.13 Å². The second-order valence-electron chi connectivity index (χ2n) is 8.08. The molecule has 0 aliphatic heterocycles. The van der Waals surface area contributed by atoms with Gasteiger partial charge >= 0.3 is 0 Å². The molecule has 0 unspecified atom stereocenters.